The Kier molecular flexibility index (Phi) is 3.52. The first-order chi connectivity index (χ1) is 7.15. The molecular formula is C9H11N3O2S. The summed E-state index contributed by atoms with van der Waals surface area (Å²) in [5.74, 6) is -0.488. The highest BCUT2D eigenvalue weighted by atomic mass is 32.1. The van der Waals surface area contributed by atoms with Crippen LogP contribution in [0.25, 0.3) is 0 Å². The van der Waals surface area contributed by atoms with Crippen molar-refractivity contribution in [3.05, 3.63) is 10.4 Å². The molecule has 1 heterocycles. The van der Waals surface area contributed by atoms with E-state index in [0.29, 0.717) is 10.6 Å². The lowest BCUT2D eigenvalue weighted by Gasteiger charge is -1.98. The maximum absolute atomic E-state index is 11.4. The smallest absolute Gasteiger partial charge is 0.350 e. The number of ether oxygens (including phenoxy) is 1. The number of nitrogens with zero attached hydrogens (tertiary/aromatic N) is 1. The Bertz CT molecular complexity index is 420. The molecule has 0 unspecified atom stereocenters. The van der Waals surface area contributed by atoms with E-state index in [-0.39, 0.29) is 17.2 Å². The Hall–Kier alpha value is -1.74. The Labute approximate surface area is 91.5 Å². The van der Waals surface area contributed by atoms with E-state index in [1.165, 1.54) is 0 Å². The fourth-order valence-corrected chi connectivity index (χ4v) is 2.00. The second kappa shape index (κ2) is 4.66. The summed E-state index contributed by atoms with van der Waals surface area (Å²) in [7, 11) is 1.67. The molecule has 5 nitrogen and oxygen atoms in total. The largest absolute Gasteiger partial charge is 0.462 e. The van der Waals surface area contributed by atoms with Crippen LogP contribution >= 0.6 is 11.3 Å². The Morgan fingerprint density at radius 3 is 2.80 bits per heavy atom. The van der Waals surface area contributed by atoms with Gasteiger partial charge in [-0.25, -0.2) is 4.79 Å². The van der Waals surface area contributed by atoms with Gasteiger partial charge in [0.15, 0.2) is 0 Å². The molecule has 3 N–H and O–H groups in total. The minimum atomic E-state index is -0.488. The SMILES string of the molecule is CCOC(=O)c1sc(NC)c(C#N)c1N. The van der Waals surface area contributed by atoms with Crippen LogP contribution in [-0.4, -0.2) is 19.6 Å². The summed E-state index contributed by atoms with van der Waals surface area (Å²) in [6.07, 6.45) is 0. The van der Waals surface area contributed by atoms with Gasteiger partial charge in [0.2, 0.25) is 0 Å². The number of esters is 1. The maximum atomic E-state index is 11.4. The minimum Gasteiger partial charge on any atom is -0.462 e. The van der Waals surface area contributed by atoms with Gasteiger partial charge in [-0.05, 0) is 6.92 Å². The summed E-state index contributed by atoms with van der Waals surface area (Å²) in [5, 5.41) is 12.2. The lowest BCUT2D eigenvalue weighted by Crippen LogP contribution is -2.05. The molecule has 0 aromatic carbocycles. The lowest BCUT2D eigenvalue weighted by molar-refractivity contribution is 0.0533. The van der Waals surface area contributed by atoms with Crippen LogP contribution in [0.15, 0.2) is 0 Å². The quantitative estimate of drug-likeness (QED) is 0.759. The van der Waals surface area contributed by atoms with Gasteiger partial charge in [-0.2, -0.15) is 5.26 Å². The molecule has 6 heteroatoms. The van der Waals surface area contributed by atoms with Gasteiger partial charge >= 0.3 is 5.97 Å². The van der Waals surface area contributed by atoms with Crippen LogP contribution in [0.5, 0.6) is 0 Å². The summed E-state index contributed by atoms with van der Waals surface area (Å²) in [4.78, 5) is 11.7. The number of hydrogen-bond donors (Lipinski definition) is 2. The van der Waals surface area contributed by atoms with Crippen molar-refractivity contribution in [1.29, 1.82) is 5.26 Å². The summed E-state index contributed by atoms with van der Waals surface area (Å²) >= 11 is 1.13. The van der Waals surface area contributed by atoms with Gasteiger partial charge in [-0.3, -0.25) is 0 Å². The second-order valence-corrected chi connectivity index (χ2v) is 3.65. The molecule has 15 heavy (non-hydrogen) atoms. The molecule has 0 spiro atoms. The average molecular weight is 225 g/mol. The lowest BCUT2D eigenvalue weighted by atomic mass is 10.2. The molecule has 0 amide bonds. The zero-order chi connectivity index (χ0) is 11.4. The standard InChI is InChI=1S/C9H11N3O2S/c1-3-14-9(13)7-6(11)5(4-10)8(12-2)15-7/h12H,3,11H2,1-2H3. The Balaban J connectivity index is 3.16. The highest BCUT2D eigenvalue weighted by Crippen LogP contribution is 2.35. The summed E-state index contributed by atoms with van der Waals surface area (Å²) in [5.41, 5.74) is 6.15. The fraction of sp³-hybridized carbons (Fsp3) is 0.333. The van der Waals surface area contributed by atoms with Gasteiger partial charge in [-0.15, -0.1) is 11.3 Å². The van der Waals surface area contributed by atoms with Crippen molar-refractivity contribution in [3.8, 4) is 6.07 Å². The van der Waals surface area contributed by atoms with Crippen molar-refractivity contribution in [2.75, 3.05) is 24.7 Å². The number of rotatable bonds is 3. The molecule has 0 saturated heterocycles. The molecule has 1 aromatic rings. The normalized spacial score (nSPS) is 9.40. The summed E-state index contributed by atoms with van der Waals surface area (Å²) in [6, 6.07) is 1.95. The van der Waals surface area contributed by atoms with E-state index in [1.807, 2.05) is 6.07 Å². The second-order valence-electron chi connectivity index (χ2n) is 2.63. The van der Waals surface area contributed by atoms with Gasteiger partial charge in [0.1, 0.15) is 21.5 Å². The van der Waals surface area contributed by atoms with E-state index in [2.05, 4.69) is 5.32 Å². The first-order valence-corrected chi connectivity index (χ1v) is 5.14. The Morgan fingerprint density at radius 1 is 1.73 bits per heavy atom. The van der Waals surface area contributed by atoms with E-state index >= 15 is 0 Å². The van der Waals surface area contributed by atoms with E-state index in [1.54, 1.807) is 14.0 Å². The molecule has 0 aliphatic heterocycles. The van der Waals surface area contributed by atoms with Gasteiger partial charge in [0, 0.05) is 7.05 Å². The Morgan fingerprint density at radius 2 is 2.40 bits per heavy atom. The van der Waals surface area contributed by atoms with Crippen LogP contribution < -0.4 is 11.1 Å². The van der Waals surface area contributed by atoms with Crippen molar-refractivity contribution in [3.63, 3.8) is 0 Å². The van der Waals surface area contributed by atoms with Gasteiger partial charge in [0.25, 0.3) is 0 Å². The highest BCUT2D eigenvalue weighted by Gasteiger charge is 2.21. The molecule has 0 aliphatic carbocycles. The predicted molar refractivity (Wildman–Crippen MR) is 58.9 cm³/mol. The number of anilines is 2. The van der Waals surface area contributed by atoms with E-state index in [4.69, 9.17) is 15.7 Å². The number of carbonyl (C=O) groups excluding carboxylic acids is 1. The number of nitrogen functional groups attached to an aromatic ring is 1. The van der Waals surface area contributed by atoms with Crippen LogP contribution in [0.1, 0.15) is 22.2 Å². The number of thiophene rings is 1. The van der Waals surface area contributed by atoms with Crippen LogP contribution in [0, 0.1) is 11.3 Å². The van der Waals surface area contributed by atoms with Crippen molar-refractivity contribution in [2.45, 2.75) is 6.92 Å². The highest BCUT2D eigenvalue weighted by molar-refractivity contribution is 7.18. The fourth-order valence-electron chi connectivity index (χ4n) is 1.08. The number of hydrogen-bond acceptors (Lipinski definition) is 6. The molecule has 0 fully saturated rings. The minimum absolute atomic E-state index is 0.185. The average Bonchev–Trinajstić information content (AvgIpc) is 2.55. The summed E-state index contributed by atoms with van der Waals surface area (Å²) < 4.78 is 4.82. The van der Waals surface area contributed by atoms with Crippen LogP contribution in [0.3, 0.4) is 0 Å². The molecule has 0 radical (unpaired) electrons. The van der Waals surface area contributed by atoms with E-state index < -0.39 is 5.97 Å². The molecular weight excluding hydrogens is 214 g/mol. The predicted octanol–water partition coefficient (Wildman–Crippen LogP) is 1.42. The first kappa shape index (κ1) is 11.3. The number of nitriles is 1. The molecule has 80 valence electrons. The van der Waals surface area contributed by atoms with Gasteiger partial charge in [0.05, 0.1) is 12.3 Å². The van der Waals surface area contributed by atoms with Crippen LogP contribution in [0.4, 0.5) is 10.7 Å². The van der Waals surface area contributed by atoms with Gasteiger partial charge in [-0.1, -0.05) is 0 Å². The third-order valence-corrected chi connectivity index (χ3v) is 2.95. The van der Waals surface area contributed by atoms with Crippen molar-refractivity contribution in [2.24, 2.45) is 0 Å². The molecule has 1 aromatic heterocycles. The molecule has 0 bridgehead atoms. The zero-order valence-corrected chi connectivity index (χ0v) is 9.27. The third-order valence-electron chi connectivity index (χ3n) is 1.74. The zero-order valence-electron chi connectivity index (χ0n) is 8.46. The molecule has 0 aliphatic rings. The van der Waals surface area contributed by atoms with Crippen molar-refractivity contribution >= 4 is 28.0 Å². The third kappa shape index (κ3) is 2.02. The maximum Gasteiger partial charge on any atom is 0.350 e. The number of carbonyl (C=O) groups is 1. The molecule has 1 rings (SSSR count). The monoisotopic (exact) mass is 225 g/mol. The van der Waals surface area contributed by atoms with E-state index in [0.717, 1.165) is 11.3 Å². The topological polar surface area (TPSA) is 88.1 Å². The summed E-state index contributed by atoms with van der Waals surface area (Å²) in [6.45, 7) is 2.00. The molecule has 0 saturated carbocycles. The first-order valence-electron chi connectivity index (χ1n) is 4.32. The van der Waals surface area contributed by atoms with E-state index in [9.17, 15) is 4.79 Å². The number of nitrogens with two attached hydrogens (primary N) is 1. The van der Waals surface area contributed by atoms with Crippen molar-refractivity contribution in [1.82, 2.24) is 0 Å². The van der Waals surface area contributed by atoms with Crippen LogP contribution in [0.2, 0.25) is 0 Å². The molecule has 0 atom stereocenters. The van der Waals surface area contributed by atoms with Crippen LogP contribution in [-0.2, 0) is 4.74 Å². The van der Waals surface area contributed by atoms with Crippen molar-refractivity contribution < 1.29 is 9.53 Å². The van der Waals surface area contributed by atoms with Gasteiger partial charge < -0.3 is 15.8 Å². The number of nitrogens with one attached hydrogen (secondary N) is 1.